The van der Waals surface area contributed by atoms with Crippen LogP contribution < -0.4 is 4.90 Å². The summed E-state index contributed by atoms with van der Waals surface area (Å²) in [6, 6.07) is 0. The topological polar surface area (TPSA) is 75.9 Å². The highest BCUT2D eigenvalue weighted by molar-refractivity contribution is 5.75. The Morgan fingerprint density at radius 1 is 1.15 bits per heavy atom. The van der Waals surface area contributed by atoms with Gasteiger partial charge < -0.3 is 14.5 Å². The molecule has 0 spiro atoms. The molecule has 2 rings (SSSR count). The number of aromatic nitrogens is 4. The van der Waals surface area contributed by atoms with Gasteiger partial charge >= 0.3 is 5.97 Å². The lowest BCUT2D eigenvalue weighted by atomic mass is 10.1. The van der Waals surface area contributed by atoms with Crippen LogP contribution in [0.25, 0.3) is 5.78 Å². The molecule has 0 aliphatic carbocycles. The Morgan fingerprint density at radius 2 is 1.88 bits per heavy atom. The first-order chi connectivity index (χ1) is 12.5. The molecule has 2 aromatic rings. The van der Waals surface area contributed by atoms with Gasteiger partial charge in [-0.05, 0) is 33.9 Å². The monoisotopic (exact) mass is 362 g/mol. The summed E-state index contributed by atoms with van der Waals surface area (Å²) in [6.07, 6.45) is 1.68. The van der Waals surface area contributed by atoms with Crippen LogP contribution in [0.5, 0.6) is 0 Å². The molecule has 0 unspecified atom stereocenters. The number of nitrogens with zero attached hydrogens (tertiary/aromatic N) is 6. The summed E-state index contributed by atoms with van der Waals surface area (Å²) in [7, 11) is 0. The number of ether oxygens (including phenoxy) is 1. The summed E-state index contributed by atoms with van der Waals surface area (Å²) in [5.41, 5.74) is 1.64. The minimum atomic E-state index is -0.252. The molecule has 26 heavy (non-hydrogen) atoms. The molecule has 8 heteroatoms. The van der Waals surface area contributed by atoms with Gasteiger partial charge in [0.1, 0.15) is 12.1 Å². The Balaban J connectivity index is 2.43. The highest BCUT2D eigenvalue weighted by atomic mass is 16.5. The molecule has 0 saturated carbocycles. The van der Waals surface area contributed by atoms with E-state index in [4.69, 9.17) is 4.74 Å². The fourth-order valence-corrected chi connectivity index (χ4v) is 3.07. The van der Waals surface area contributed by atoms with Crippen molar-refractivity contribution >= 4 is 17.6 Å². The van der Waals surface area contributed by atoms with Crippen molar-refractivity contribution in [2.75, 3.05) is 44.2 Å². The van der Waals surface area contributed by atoms with E-state index < -0.39 is 0 Å². The van der Waals surface area contributed by atoms with Gasteiger partial charge in [0.05, 0.1) is 13.0 Å². The van der Waals surface area contributed by atoms with Crippen molar-refractivity contribution in [2.24, 2.45) is 0 Å². The summed E-state index contributed by atoms with van der Waals surface area (Å²) in [6.45, 7) is 15.1. The van der Waals surface area contributed by atoms with Gasteiger partial charge in [-0.2, -0.15) is 14.6 Å². The Hall–Kier alpha value is -2.22. The zero-order chi connectivity index (χ0) is 19.1. The number of rotatable bonds is 10. The van der Waals surface area contributed by atoms with E-state index in [9.17, 15) is 4.79 Å². The number of likely N-dealkylation sites (N-methyl/N-ethyl adjacent to an activating group) is 2. The highest BCUT2D eigenvalue weighted by Gasteiger charge is 2.22. The molecule has 2 aromatic heterocycles. The molecular weight excluding hydrogens is 332 g/mol. The smallest absolute Gasteiger partial charge is 0.310 e. The van der Waals surface area contributed by atoms with Crippen LogP contribution >= 0.6 is 0 Å². The molecule has 0 fully saturated rings. The van der Waals surface area contributed by atoms with E-state index in [2.05, 4.69) is 45.6 Å². The van der Waals surface area contributed by atoms with Crippen LogP contribution in [0.2, 0.25) is 0 Å². The Bertz CT molecular complexity index is 726. The highest BCUT2D eigenvalue weighted by Crippen LogP contribution is 2.24. The van der Waals surface area contributed by atoms with E-state index in [0.717, 1.165) is 49.8 Å². The predicted octanol–water partition coefficient (Wildman–Crippen LogP) is 1.71. The standard InChI is InChI=1S/C18H30N6O2/c1-6-22(7-2)10-11-23(8-3)17-15(12-16(25)26-9-4)14(5)21-18-19-13-20-24(17)18/h13H,6-12H2,1-5H3. The van der Waals surface area contributed by atoms with Crippen molar-refractivity contribution < 1.29 is 9.53 Å². The van der Waals surface area contributed by atoms with Crippen LogP contribution in [0, 0.1) is 6.92 Å². The third-order valence-electron chi connectivity index (χ3n) is 4.59. The van der Waals surface area contributed by atoms with Gasteiger partial charge in [0.15, 0.2) is 0 Å². The van der Waals surface area contributed by atoms with E-state index in [0.29, 0.717) is 12.4 Å². The number of esters is 1. The van der Waals surface area contributed by atoms with E-state index in [-0.39, 0.29) is 12.4 Å². The molecule has 2 heterocycles. The molecule has 0 aliphatic heterocycles. The van der Waals surface area contributed by atoms with Crippen molar-refractivity contribution in [3.05, 3.63) is 17.6 Å². The van der Waals surface area contributed by atoms with Gasteiger partial charge in [0.2, 0.25) is 0 Å². The van der Waals surface area contributed by atoms with E-state index >= 15 is 0 Å². The lowest BCUT2D eigenvalue weighted by Crippen LogP contribution is -2.37. The van der Waals surface area contributed by atoms with Gasteiger partial charge in [-0.15, -0.1) is 0 Å². The molecule has 0 radical (unpaired) electrons. The number of fused-ring (bicyclic) bond motifs is 1. The SMILES string of the molecule is CCOC(=O)Cc1c(C)nc2ncnn2c1N(CC)CCN(CC)CC. The summed E-state index contributed by atoms with van der Waals surface area (Å²) in [5, 5.41) is 4.35. The molecule has 0 aliphatic rings. The van der Waals surface area contributed by atoms with Crippen molar-refractivity contribution in [2.45, 2.75) is 41.0 Å². The fraction of sp³-hybridized carbons (Fsp3) is 0.667. The summed E-state index contributed by atoms with van der Waals surface area (Å²) in [4.78, 5) is 25.5. The maximum Gasteiger partial charge on any atom is 0.310 e. The normalized spacial score (nSPS) is 11.3. The Morgan fingerprint density at radius 3 is 2.50 bits per heavy atom. The minimum absolute atomic E-state index is 0.180. The second kappa shape index (κ2) is 9.47. The number of anilines is 1. The van der Waals surface area contributed by atoms with Crippen molar-refractivity contribution in [3.63, 3.8) is 0 Å². The molecule has 0 amide bonds. The number of hydrogen-bond acceptors (Lipinski definition) is 7. The minimum Gasteiger partial charge on any atom is -0.466 e. The Kier molecular flexibility index (Phi) is 7.32. The van der Waals surface area contributed by atoms with Crippen LogP contribution in [-0.4, -0.2) is 69.8 Å². The molecule has 144 valence electrons. The number of carbonyl (C=O) groups is 1. The van der Waals surface area contributed by atoms with Crippen LogP contribution in [-0.2, 0) is 16.0 Å². The number of aryl methyl sites for hydroxylation is 1. The average Bonchev–Trinajstić information content (AvgIpc) is 3.08. The van der Waals surface area contributed by atoms with Gasteiger partial charge in [-0.1, -0.05) is 13.8 Å². The molecule has 0 atom stereocenters. The quantitative estimate of drug-likeness (QED) is 0.596. The van der Waals surface area contributed by atoms with Crippen LogP contribution in [0.4, 0.5) is 5.82 Å². The molecular formula is C18H30N6O2. The third-order valence-corrected chi connectivity index (χ3v) is 4.59. The van der Waals surface area contributed by atoms with Crippen molar-refractivity contribution in [1.29, 1.82) is 0 Å². The number of hydrogen-bond donors (Lipinski definition) is 0. The van der Waals surface area contributed by atoms with Gasteiger partial charge in [0.25, 0.3) is 5.78 Å². The molecule has 0 N–H and O–H groups in total. The van der Waals surface area contributed by atoms with Gasteiger partial charge in [-0.3, -0.25) is 4.79 Å². The van der Waals surface area contributed by atoms with Crippen LogP contribution in [0.1, 0.15) is 39.0 Å². The molecule has 8 nitrogen and oxygen atoms in total. The lowest BCUT2D eigenvalue weighted by molar-refractivity contribution is -0.142. The van der Waals surface area contributed by atoms with E-state index in [1.165, 1.54) is 6.33 Å². The zero-order valence-electron chi connectivity index (χ0n) is 16.5. The van der Waals surface area contributed by atoms with Gasteiger partial charge in [0, 0.05) is 30.9 Å². The lowest BCUT2D eigenvalue weighted by Gasteiger charge is -2.29. The fourth-order valence-electron chi connectivity index (χ4n) is 3.07. The largest absolute Gasteiger partial charge is 0.466 e. The first kappa shape index (κ1) is 20.1. The summed E-state index contributed by atoms with van der Waals surface area (Å²) in [5.74, 6) is 1.18. The maximum absolute atomic E-state index is 12.1. The zero-order valence-corrected chi connectivity index (χ0v) is 16.5. The number of carbonyl (C=O) groups excluding carboxylic acids is 1. The summed E-state index contributed by atoms with van der Waals surface area (Å²) >= 11 is 0. The molecule has 0 saturated heterocycles. The predicted molar refractivity (Wildman–Crippen MR) is 102 cm³/mol. The van der Waals surface area contributed by atoms with Crippen LogP contribution in [0.3, 0.4) is 0 Å². The van der Waals surface area contributed by atoms with Gasteiger partial charge in [-0.25, -0.2) is 4.98 Å². The van der Waals surface area contributed by atoms with Crippen molar-refractivity contribution in [1.82, 2.24) is 24.5 Å². The Labute approximate surface area is 155 Å². The summed E-state index contributed by atoms with van der Waals surface area (Å²) < 4.78 is 6.89. The molecule has 0 bridgehead atoms. The third kappa shape index (κ3) is 4.49. The second-order valence-corrected chi connectivity index (χ2v) is 6.06. The van der Waals surface area contributed by atoms with Crippen molar-refractivity contribution in [3.8, 4) is 0 Å². The average molecular weight is 362 g/mol. The second-order valence-electron chi connectivity index (χ2n) is 6.06. The van der Waals surface area contributed by atoms with E-state index in [1.54, 1.807) is 4.52 Å². The maximum atomic E-state index is 12.1. The van der Waals surface area contributed by atoms with E-state index in [1.807, 2.05) is 13.8 Å². The van der Waals surface area contributed by atoms with Crippen LogP contribution in [0.15, 0.2) is 6.33 Å². The first-order valence-corrected chi connectivity index (χ1v) is 9.37. The first-order valence-electron chi connectivity index (χ1n) is 9.37. The molecule has 0 aromatic carbocycles.